The van der Waals surface area contributed by atoms with Crippen molar-refractivity contribution in [2.24, 2.45) is 5.73 Å². The van der Waals surface area contributed by atoms with E-state index >= 15 is 0 Å². The molecule has 114 valence electrons. The Morgan fingerprint density at radius 3 is 2.67 bits per heavy atom. The van der Waals surface area contributed by atoms with Gasteiger partial charge in [0.1, 0.15) is 11.8 Å². The van der Waals surface area contributed by atoms with Crippen molar-refractivity contribution < 1.29 is 24.2 Å². The third kappa shape index (κ3) is 6.75. The van der Waals surface area contributed by atoms with Crippen LogP contribution in [0.4, 0.5) is 0 Å². The molecule has 8 heteroatoms. The van der Waals surface area contributed by atoms with E-state index in [0.717, 1.165) is 4.47 Å². The van der Waals surface area contributed by atoms with Gasteiger partial charge in [0.15, 0.2) is 0 Å². The minimum atomic E-state index is -1.32. The first-order valence-electron chi connectivity index (χ1n) is 6.07. The van der Waals surface area contributed by atoms with Gasteiger partial charge in [-0.15, -0.1) is 0 Å². The van der Waals surface area contributed by atoms with Crippen LogP contribution in [0.5, 0.6) is 5.75 Å². The lowest BCUT2D eigenvalue weighted by molar-refractivity contribution is -0.143. The third-order valence-corrected chi connectivity index (χ3v) is 2.93. The summed E-state index contributed by atoms with van der Waals surface area (Å²) in [4.78, 5) is 33.1. The first-order chi connectivity index (χ1) is 9.88. The lowest BCUT2D eigenvalue weighted by atomic mass is 10.2. The number of nitrogens with one attached hydrogen (secondary N) is 1. The molecular formula is C13H15BrN2O5. The van der Waals surface area contributed by atoms with Crippen LogP contribution < -0.4 is 15.8 Å². The second-order valence-electron chi connectivity index (χ2n) is 4.18. The highest BCUT2D eigenvalue weighted by Gasteiger charge is 2.21. The fourth-order valence-electron chi connectivity index (χ4n) is 1.49. The number of amides is 2. The molecule has 0 radical (unpaired) electrons. The molecule has 0 aliphatic heterocycles. The standard InChI is InChI=1S/C13H15BrN2O5/c14-8-2-1-3-9(6-8)21-5-4-12(18)16-10(13(19)20)7-11(15)17/h1-3,6,10H,4-5,7H2,(H2,15,17)(H,16,18)(H,19,20)/t10-/m0/s1. The van der Waals surface area contributed by atoms with Crippen LogP contribution in [-0.4, -0.2) is 35.5 Å². The van der Waals surface area contributed by atoms with Gasteiger partial charge < -0.3 is 20.9 Å². The van der Waals surface area contributed by atoms with Crippen LogP contribution in [0.25, 0.3) is 0 Å². The number of hydrogen-bond donors (Lipinski definition) is 3. The van der Waals surface area contributed by atoms with E-state index in [1.165, 1.54) is 0 Å². The van der Waals surface area contributed by atoms with Crippen molar-refractivity contribution >= 4 is 33.7 Å². The Kier molecular flexibility index (Phi) is 6.67. The van der Waals surface area contributed by atoms with E-state index in [2.05, 4.69) is 21.2 Å². The molecule has 0 spiro atoms. The number of carboxylic acid groups (broad SMARTS) is 1. The highest BCUT2D eigenvalue weighted by molar-refractivity contribution is 9.10. The number of halogens is 1. The summed E-state index contributed by atoms with van der Waals surface area (Å²) < 4.78 is 6.20. The number of carbonyl (C=O) groups excluding carboxylic acids is 2. The maximum atomic E-state index is 11.6. The Morgan fingerprint density at radius 1 is 1.38 bits per heavy atom. The van der Waals surface area contributed by atoms with E-state index in [0.29, 0.717) is 5.75 Å². The molecule has 0 heterocycles. The van der Waals surface area contributed by atoms with Crippen molar-refractivity contribution in [2.45, 2.75) is 18.9 Å². The van der Waals surface area contributed by atoms with E-state index in [1.807, 2.05) is 6.07 Å². The van der Waals surface area contributed by atoms with E-state index in [1.54, 1.807) is 18.2 Å². The van der Waals surface area contributed by atoms with Crippen LogP contribution in [0.1, 0.15) is 12.8 Å². The van der Waals surface area contributed by atoms with Gasteiger partial charge in [0, 0.05) is 4.47 Å². The number of hydrogen-bond acceptors (Lipinski definition) is 4. The molecule has 2 amide bonds. The summed E-state index contributed by atoms with van der Waals surface area (Å²) in [7, 11) is 0. The van der Waals surface area contributed by atoms with Gasteiger partial charge in [-0.25, -0.2) is 4.79 Å². The molecule has 1 rings (SSSR count). The van der Waals surface area contributed by atoms with Crippen LogP contribution in [-0.2, 0) is 14.4 Å². The monoisotopic (exact) mass is 358 g/mol. The molecule has 0 saturated heterocycles. The van der Waals surface area contributed by atoms with Gasteiger partial charge in [-0.3, -0.25) is 9.59 Å². The summed E-state index contributed by atoms with van der Waals surface area (Å²) in [6.45, 7) is 0.0885. The average molecular weight is 359 g/mol. The van der Waals surface area contributed by atoms with Gasteiger partial charge in [0.2, 0.25) is 11.8 Å². The fourth-order valence-corrected chi connectivity index (χ4v) is 1.86. The number of rotatable bonds is 8. The van der Waals surface area contributed by atoms with Crippen LogP contribution in [0.3, 0.4) is 0 Å². The molecule has 0 fully saturated rings. The van der Waals surface area contributed by atoms with E-state index < -0.39 is 30.2 Å². The lowest BCUT2D eigenvalue weighted by Gasteiger charge is -2.13. The van der Waals surface area contributed by atoms with Crippen molar-refractivity contribution in [2.75, 3.05) is 6.61 Å². The van der Waals surface area contributed by atoms with Crippen LogP contribution in [0.15, 0.2) is 28.7 Å². The summed E-state index contributed by atoms with van der Waals surface area (Å²) in [6, 6.07) is 5.77. The minimum Gasteiger partial charge on any atom is -0.493 e. The number of nitrogens with two attached hydrogens (primary N) is 1. The van der Waals surface area contributed by atoms with Crippen molar-refractivity contribution in [3.63, 3.8) is 0 Å². The smallest absolute Gasteiger partial charge is 0.326 e. The zero-order valence-corrected chi connectivity index (χ0v) is 12.6. The Labute approximate surface area is 129 Å². The molecule has 1 aromatic rings. The molecule has 21 heavy (non-hydrogen) atoms. The highest BCUT2D eigenvalue weighted by Crippen LogP contribution is 2.17. The maximum Gasteiger partial charge on any atom is 0.326 e. The highest BCUT2D eigenvalue weighted by atomic mass is 79.9. The quantitative estimate of drug-likeness (QED) is 0.630. The van der Waals surface area contributed by atoms with Gasteiger partial charge in [-0.05, 0) is 18.2 Å². The Bertz CT molecular complexity index is 535. The molecule has 0 unspecified atom stereocenters. The lowest BCUT2D eigenvalue weighted by Crippen LogP contribution is -2.43. The minimum absolute atomic E-state index is 0.0327. The third-order valence-electron chi connectivity index (χ3n) is 2.43. The number of carbonyl (C=O) groups is 3. The number of benzene rings is 1. The van der Waals surface area contributed by atoms with Crippen molar-refractivity contribution in [1.82, 2.24) is 5.32 Å². The fraction of sp³-hybridized carbons (Fsp3) is 0.308. The van der Waals surface area contributed by atoms with Gasteiger partial charge in [-0.2, -0.15) is 0 Å². The van der Waals surface area contributed by atoms with Gasteiger partial charge in [0.25, 0.3) is 0 Å². The summed E-state index contributed by atoms with van der Waals surface area (Å²) in [5.41, 5.74) is 4.91. The van der Waals surface area contributed by atoms with Crippen LogP contribution in [0, 0.1) is 0 Å². The largest absolute Gasteiger partial charge is 0.493 e. The molecule has 1 atom stereocenters. The van der Waals surface area contributed by atoms with Gasteiger partial charge in [-0.1, -0.05) is 22.0 Å². The molecule has 0 aromatic heterocycles. The number of primary amides is 1. The van der Waals surface area contributed by atoms with E-state index in [9.17, 15) is 14.4 Å². The Hall–Kier alpha value is -2.09. The second kappa shape index (κ2) is 8.25. The molecule has 1 aromatic carbocycles. The number of ether oxygens (including phenoxy) is 1. The topological polar surface area (TPSA) is 119 Å². The zero-order valence-electron chi connectivity index (χ0n) is 11.0. The van der Waals surface area contributed by atoms with E-state index in [4.69, 9.17) is 15.6 Å². The summed E-state index contributed by atoms with van der Waals surface area (Å²) in [6.07, 6.45) is -0.484. The number of carboxylic acids is 1. The SMILES string of the molecule is NC(=O)C[C@H](NC(=O)CCOc1cccc(Br)c1)C(=O)O. The van der Waals surface area contributed by atoms with Crippen LogP contribution in [0.2, 0.25) is 0 Å². The Morgan fingerprint density at radius 2 is 2.10 bits per heavy atom. The van der Waals surface area contributed by atoms with Crippen molar-refractivity contribution in [3.05, 3.63) is 28.7 Å². The maximum absolute atomic E-state index is 11.6. The second-order valence-corrected chi connectivity index (χ2v) is 5.10. The predicted molar refractivity (Wildman–Crippen MR) is 77.6 cm³/mol. The molecule has 0 aliphatic carbocycles. The molecular weight excluding hydrogens is 344 g/mol. The molecule has 7 nitrogen and oxygen atoms in total. The van der Waals surface area contributed by atoms with Gasteiger partial charge >= 0.3 is 5.97 Å². The van der Waals surface area contributed by atoms with E-state index in [-0.39, 0.29) is 13.0 Å². The average Bonchev–Trinajstić information content (AvgIpc) is 2.37. The molecule has 0 aliphatic rings. The van der Waals surface area contributed by atoms with Crippen molar-refractivity contribution in [3.8, 4) is 5.75 Å². The summed E-state index contributed by atoms with van der Waals surface area (Å²) in [5.74, 6) is -2.05. The zero-order chi connectivity index (χ0) is 15.8. The first-order valence-corrected chi connectivity index (χ1v) is 6.86. The number of aliphatic carboxylic acids is 1. The molecule has 0 bridgehead atoms. The first kappa shape index (κ1) is 17.0. The Balaban J connectivity index is 2.39. The molecule has 4 N–H and O–H groups in total. The normalized spacial score (nSPS) is 11.5. The summed E-state index contributed by atoms with van der Waals surface area (Å²) >= 11 is 3.29. The predicted octanol–water partition coefficient (Wildman–Crippen LogP) is 0.663. The van der Waals surface area contributed by atoms with Gasteiger partial charge in [0.05, 0.1) is 19.4 Å². The summed E-state index contributed by atoms with van der Waals surface area (Å²) in [5, 5.41) is 11.1. The van der Waals surface area contributed by atoms with Crippen LogP contribution >= 0.6 is 15.9 Å². The van der Waals surface area contributed by atoms with Crippen molar-refractivity contribution in [1.29, 1.82) is 0 Å². The molecule has 0 saturated carbocycles.